The summed E-state index contributed by atoms with van der Waals surface area (Å²) in [6, 6.07) is 14.0. The van der Waals surface area contributed by atoms with Crippen LogP contribution in [-0.4, -0.2) is 12.2 Å². The zero-order valence-electron chi connectivity index (χ0n) is 13.1. The standard InChI is InChI=1S/C18H23NO2/c1-12-6-5-7-15(10-12)13(2)19-14(3)17-11-16(21-4)8-9-18(17)20/h5-11,13-14,19-20H,1-4H3/t13-,14?/m1/s1. The lowest BCUT2D eigenvalue weighted by Crippen LogP contribution is -2.22. The van der Waals surface area contributed by atoms with Gasteiger partial charge in [-0.1, -0.05) is 29.8 Å². The van der Waals surface area contributed by atoms with Gasteiger partial charge in [-0.2, -0.15) is 0 Å². The molecule has 3 heteroatoms. The number of methoxy groups -OCH3 is 1. The van der Waals surface area contributed by atoms with E-state index in [2.05, 4.69) is 43.4 Å². The third kappa shape index (κ3) is 3.76. The summed E-state index contributed by atoms with van der Waals surface area (Å²) in [4.78, 5) is 0. The van der Waals surface area contributed by atoms with Gasteiger partial charge in [-0.3, -0.25) is 0 Å². The maximum absolute atomic E-state index is 10.0. The van der Waals surface area contributed by atoms with Crippen LogP contribution in [0.4, 0.5) is 0 Å². The normalized spacial score (nSPS) is 13.7. The Bertz CT molecular complexity index is 610. The Morgan fingerprint density at radius 3 is 2.48 bits per heavy atom. The second kappa shape index (κ2) is 6.64. The van der Waals surface area contributed by atoms with Gasteiger partial charge in [0.15, 0.2) is 0 Å². The number of aryl methyl sites for hydroxylation is 1. The van der Waals surface area contributed by atoms with E-state index in [-0.39, 0.29) is 17.8 Å². The first kappa shape index (κ1) is 15.4. The van der Waals surface area contributed by atoms with Gasteiger partial charge in [-0.15, -0.1) is 0 Å². The lowest BCUT2D eigenvalue weighted by Gasteiger charge is -2.22. The SMILES string of the molecule is COc1ccc(O)c(C(C)N[C@H](C)c2cccc(C)c2)c1. The second-order valence-electron chi connectivity index (χ2n) is 5.45. The predicted octanol–water partition coefficient (Wildman–Crippen LogP) is 4.12. The lowest BCUT2D eigenvalue weighted by atomic mass is 10.0. The van der Waals surface area contributed by atoms with Gasteiger partial charge in [0, 0.05) is 17.6 Å². The van der Waals surface area contributed by atoms with Gasteiger partial charge in [-0.25, -0.2) is 0 Å². The first-order valence-electron chi connectivity index (χ1n) is 7.20. The van der Waals surface area contributed by atoms with Crippen LogP contribution in [0.2, 0.25) is 0 Å². The first-order valence-corrected chi connectivity index (χ1v) is 7.20. The van der Waals surface area contributed by atoms with Crippen molar-refractivity contribution in [2.75, 3.05) is 7.11 Å². The maximum atomic E-state index is 10.0. The molecule has 0 radical (unpaired) electrons. The molecule has 0 fully saturated rings. The molecule has 112 valence electrons. The van der Waals surface area contributed by atoms with Crippen LogP contribution in [0.3, 0.4) is 0 Å². The molecule has 0 aromatic heterocycles. The van der Waals surface area contributed by atoms with E-state index in [1.54, 1.807) is 19.2 Å². The van der Waals surface area contributed by atoms with E-state index in [9.17, 15) is 5.11 Å². The van der Waals surface area contributed by atoms with Crippen LogP contribution in [0.5, 0.6) is 11.5 Å². The lowest BCUT2D eigenvalue weighted by molar-refractivity contribution is 0.405. The number of rotatable bonds is 5. The summed E-state index contributed by atoms with van der Waals surface area (Å²) in [5, 5.41) is 13.5. The van der Waals surface area contributed by atoms with Crippen molar-refractivity contribution in [3.8, 4) is 11.5 Å². The molecular weight excluding hydrogens is 262 g/mol. The van der Waals surface area contributed by atoms with Crippen molar-refractivity contribution < 1.29 is 9.84 Å². The van der Waals surface area contributed by atoms with Crippen LogP contribution in [0, 0.1) is 6.92 Å². The summed E-state index contributed by atoms with van der Waals surface area (Å²) in [6.07, 6.45) is 0. The Hall–Kier alpha value is -2.00. The van der Waals surface area contributed by atoms with Crippen molar-refractivity contribution in [2.24, 2.45) is 0 Å². The van der Waals surface area contributed by atoms with Crippen molar-refractivity contribution in [2.45, 2.75) is 32.9 Å². The highest BCUT2D eigenvalue weighted by Gasteiger charge is 2.15. The zero-order chi connectivity index (χ0) is 15.4. The highest BCUT2D eigenvalue weighted by atomic mass is 16.5. The van der Waals surface area contributed by atoms with Crippen molar-refractivity contribution in [3.05, 3.63) is 59.2 Å². The van der Waals surface area contributed by atoms with E-state index >= 15 is 0 Å². The van der Waals surface area contributed by atoms with Crippen molar-refractivity contribution in [3.63, 3.8) is 0 Å². The molecule has 2 aromatic rings. The maximum Gasteiger partial charge on any atom is 0.120 e. The molecule has 2 aromatic carbocycles. The molecule has 2 N–H and O–H groups in total. The van der Waals surface area contributed by atoms with Crippen molar-refractivity contribution in [1.82, 2.24) is 5.32 Å². The second-order valence-corrected chi connectivity index (χ2v) is 5.45. The van der Waals surface area contributed by atoms with Crippen molar-refractivity contribution >= 4 is 0 Å². The van der Waals surface area contributed by atoms with E-state index < -0.39 is 0 Å². The highest BCUT2D eigenvalue weighted by Crippen LogP contribution is 2.30. The van der Waals surface area contributed by atoms with Crippen LogP contribution in [0.1, 0.15) is 42.6 Å². The smallest absolute Gasteiger partial charge is 0.120 e. The number of hydrogen-bond acceptors (Lipinski definition) is 3. The number of hydrogen-bond donors (Lipinski definition) is 2. The molecule has 0 aliphatic heterocycles. The van der Waals surface area contributed by atoms with Crippen LogP contribution >= 0.6 is 0 Å². The van der Waals surface area contributed by atoms with Gasteiger partial charge in [0.2, 0.25) is 0 Å². The van der Waals surface area contributed by atoms with Gasteiger partial charge in [0.1, 0.15) is 11.5 Å². The molecule has 0 saturated heterocycles. The molecule has 0 aliphatic rings. The van der Waals surface area contributed by atoms with Crippen LogP contribution in [0.15, 0.2) is 42.5 Å². The van der Waals surface area contributed by atoms with E-state index in [0.717, 1.165) is 11.3 Å². The fraction of sp³-hybridized carbons (Fsp3) is 0.333. The van der Waals surface area contributed by atoms with Crippen LogP contribution in [0.25, 0.3) is 0 Å². The number of aromatic hydroxyl groups is 1. The average molecular weight is 285 g/mol. The zero-order valence-corrected chi connectivity index (χ0v) is 13.1. The summed E-state index contributed by atoms with van der Waals surface area (Å²) >= 11 is 0. The largest absolute Gasteiger partial charge is 0.508 e. The fourth-order valence-corrected chi connectivity index (χ4v) is 2.51. The van der Waals surface area contributed by atoms with Gasteiger partial charge >= 0.3 is 0 Å². The van der Waals surface area contributed by atoms with E-state index in [4.69, 9.17) is 4.74 Å². The average Bonchev–Trinajstić information content (AvgIpc) is 2.47. The number of ether oxygens (including phenoxy) is 1. The van der Waals surface area contributed by atoms with Gasteiger partial charge in [-0.05, 0) is 44.5 Å². The van der Waals surface area contributed by atoms with Gasteiger partial charge in [0.05, 0.1) is 7.11 Å². The minimum atomic E-state index is 0.0237. The molecule has 0 saturated carbocycles. The number of nitrogens with one attached hydrogen (secondary N) is 1. The molecule has 2 atom stereocenters. The molecule has 0 spiro atoms. The minimum Gasteiger partial charge on any atom is -0.508 e. The molecule has 2 rings (SSSR count). The highest BCUT2D eigenvalue weighted by molar-refractivity contribution is 5.41. The Balaban J connectivity index is 2.15. The Morgan fingerprint density at radius 1 is 1.05 bits per heavy atom. The summed E-state index contributed by atoms with van der Waals surface area (Å²) in [7, 11) is 1.63. The quantitative estimate of drug-likeness (QED) is 0.868. The Labute approximate surface area is 126 Å². The number of phenolic OH excluding ortho intramolecular Hbond substituents is 1. The molecule has 0 heterocycles. The molecule has 1 unspecified atom stereocenters. The Morgan fingerprint density at radius 2 is 1.81 bits per heavy atom. The predicted molar refractivity (Wildman–Crippen MR) is 85.8 cm³/mol. The van der Waals surface area contributed by atoms with Crippen LogP contribution < -0.4 is 10.1 Å². The summed E-state index contributed by atoms with van der Waals surface area (Å²) in [5.41, 5.74) is 3.33. The molecule has 0 aliphatic carbocycles. The monoisotopic (exact) mass is 285 g/mol. The first-order chi connectivity index (χ1) is 10.0. The third-order valence-corrected chi connectivity index (χ3v) is 3.74. The molecular formula is C18H23NO2. The Kier molecular flexibility index (Phi) is 4.86. The molecule has 0 bridgehead atoms. The molecule has 21 heavy (non-hydrogen) atoms. The van der Waals surface area contributed by atoms with E-state index in [1.165, 1.54) is 11.1 Å². The minimum absolute atomic E-state index is 0.0237. The molecule has 3 nitrogen and oxygen atoms in total. The summed E-state index contributed by atoms with van der Waals surface area (Å²) in [5.74, 6) is 1.03. The number of phenols is 1. The van der Waals surface area contributed by atoms with Crippen LogP contribution in [-0.2, 0) is 0 Å². The van der Waals surface area contributed by atoms with E-state index in [1.807, 2.05) is 13.0 Å². The molecule has 0 amide bonds. The number of benzene rings is 2. The summed E-state index contributed by atoms with van der Waals surface area (Å²) < 4.78 is 5.23. The van der Waals surface area contributed by atoms with E-state index in [0.29, 0.717) is 0 Å². The van der Waals surface area contributed by atoms with Gasteiger partial charge < -0.3 is 15.2 Å². The topological polar surface area (TPSA) is 41.5 Å². The summed E-state index contributed by atoms with van der Waals surface area (Å²) in [6.45, 7) is 6.26. The fourth-order valence-electron chi connectivity index (χ4n) is 2.51. The van der Waals surface area contributed by atoms with Gasteiger partial charge in [0.25, 0.3) is 0 Å². The third-order valence-electron chi connectivity index (χ3n) is 3.74. The van der Waals surface area contributed by atoms with Crippen molar-refractivity contribution in [1.29, 1.82) is 0 Å².